The van der Waals surface area contributed by atoms with Crippen molar-refractivity contribution in [3.63, 3.8) is 0 Å². The van der Waals surface area contributed by atoms with Crippen LogP contribution >= 0.6 is 7.82 Å². The van der Waals surface area contributed by atoms with E-state index in [1.54, 1.807) is 0 Å². The van der Waals surface area contributed by atoms with Crippen LogP contribution in [-0.2, 0) is 23.1 Å². The van der Waals surface area contributed by atoms with Crippen molar-refractivity contribution in [2.45, 2.75) is 217 Å². The van der Waals surface area contributed by atoms with Gasteiger partial charge in [0.05, 0.1) is 47.5 Å². The minimum Gasteiger partial charge on any atom is -0.379 e. The molecule has 350 valence electrons. The van der Waals surface area contributed by atoms with E-state index in [4.69, 9.17) is 18.5 Å². The maximum absolute atomic E-state index is 12.7. The summed E-state index contributed by atoms with van der Waals surface area (Å²) < 4.78 is 36.7. The summed E-state index contributed by atoms with van der Waals surface area (Å²) in [5, 5.41) is 0. The van der Waals surface area contributed by atoms with Crippen molar-refractivity contribution < 1.29 is 32.5 Å². The first kappa shape index (κ1) is 58.0. The third-order valence-electron chi connectivity index (χ3n) is 12.5. The molecule has 0 bridgehead atoms. The van der Waals surface area contributed by atoms with Crippen LogP contribution in [0.2, 0.25) is 0 Å². The highest BCUT2D eigenvalue weighted by Crippen LogP contribution is 2.43. The van der Waals surface area contributed by atoms with E-state index in [0.717, 1.165) is 72.2 Å². The van der Waals surface area contributed by atoms with E-state index in [-0.39, 0.29) is 13.2 Å². The molecule has 0 saturated carbocycles. The van der Waals surface area contributed by atoms with E-state index in [0.29, 0.717) is 31.7 Å². The van der Waals surface area contributed by atoms with E-state index in [9.17, 15) is 9.46 Å². The zero-order chi connectivity index (χ0) is 43.8. The van der Waals surface area contributed by atoms with Gasteiger partial charge >= 0.3 is 7.82 Å². The summed E-state index contributed by atoms with van der Waals surface area (Å²) >= 11 is 0. The average Bonchev–Trinajstić information content (AvgIpc) is 3.11. The number of hydrogen-bond acceptors (Lipinski definition) is 5. The molecule has 0 saturated heterocycles. The van der Waals surface area contributed by atoms with Gasteiger partial charge in [0.1, 0.15) is 6.10 Å². The van der Waals surface area contributed by atoms with E-state index in [2.05, 4.69) is 90.4 Å². The standard InChI is InChI=1S/C50H104NO6P/c1-42(2)22-16-24-44(5)26-18-28-46(7)30-20-32-48(9)34-38-54-40-50(41-57-58(52,53)56-37-15-14-36-51(11,12)13)55-39-35-49(10)33-21-31-47(8)29-19-27-45(6)25-17-23-43(3)4/h42-50H,14-41H2,1-13H3/p+1. The topological polar surface area (TPSA) is 74.2 Å². The van der Waals surface area contributed by atoms with E-state index in [1.807, 2.05) is 0 Å². The summed E-state index contributed by atoms with van der Waals surface area (Å²) in [6.45, 7) is 26.5. The molecule has 0 aromatic rings. The van der Waals surface area contributed by atoms with Crippen molar-refractivity contribution in [3.05, 3.63) is 0 Å². The molecular formula is C50H105NO6P+. The summed E-state index contributed by atoms with van der Waals surface area (Å²) in [6.07, 6.45) is 27.2. The van der Waals surface area contributed by atoms with E-state index in [1.165, 1.54) is 116 Å². The molecule has 0 aliphatic rings. The summed E-state index contributed by atoms with van der Waals surface area (Å²) in [4.78, 5) is 10.4. The summed E-state index contributed by atoms with van der Waals surface area (Å²) in [5.41, 5.74) is 0. The van der Waals surface area contributed by atoms with Crippen molar-refractivity contribution in [1.29, 1.82) is 0 Å². The Morgan fingerprint density at radius 1 is 0.431 bits per heavy atom. The van der Waals surface area contributed by atoms with Crippen LogP contribution in [0.25, 0.3) is 0 Å². The van der Waals surface area contributed by atoms with Crippen molar-refractivity contribution in [2.75, 3.05) is 60.7 Å². The van der Waals surface area contributed by atoms with Gasteiger partial charge in [-0.25, -0.2) is 4.57 Å². The van der Waals surface area contributed by atoms with Gasteiger partial charge in [-0.05, 0) is 73.0 Å². The number of quaternary nitrogens is 1. The first-order chi connectivity index (χ1) is 27.3. The predicted octanol–water partition coefficient (Wildman–Crippen LogP) is 14.9. The van der Waals surface area contributed by atoms with Crippen molar-refractivity contribution in [2.24, 2.45) is 47.3 Å². The molecule has 0 aliphatic heterocycles. The zero-order valence-electron chi connectivity index (χ0n) is 41.4. The third kappa shape index (κ3) is 40.1. The van der Waals surface area contributed by atoms with Gasteiger partial charge in [-0.15, -0.1) is 0 Å². The predicted molar refractivity (Wildman–Crippen MR) is 251 cm³/mol. The molecule has 0 fully saturated rings. The molecule has 58 heavy (non-hydrogen) atoms. The second-order valence-corrected chi connectivity index (χ2v) is 22.9. The Labute approximate surface area is 363 Å². The Bertz CT molecular complexity index is 957. The number of phosphoric acid groups is 1. The minimum absolute atomic E-state index is 0.0148. The maximum atomic E-state index is 12.7. The normalized spacial score (nSPS) is 17.3. The van der Waals surface area contributed by atoms with Crippen LogP contribution in [-0.4, -0.2) is 76.2 Å². The molecule has 0 radical (unpaired) electrons. The lowest BCUT2D eigenvalue weighted by molar-refractivity contribution is -0.870. The first-order valence-electron chi connectivity index (χ1n) is 24.9. The largest absolute Gasteiger partial charge is 0.472 e. The lowest BCUT2D eigenvalue weighted by Gasteiger charge is -2.24. The lowest BCUT2D eigenvalue weighted by Crippen LogP contribution is -2.35. The SMILES string of the molecule is CC(C)CCCC(C)CCCC(C)CCCC(C)CCOCC(COP(=O)(O)OCCCC[N+](C)(C)C)OCCC(C)CCCC(C)CCCC(C)CCCC(C)C. The molecule has 7 nitrogen and oxygen atoms in total. The van der Waals surface area contributed by atoms with Crippen LogP contribution < -0.4 is 0 Å². The molecule has 0 amide bonds. The number of hydrogen-bond donors (Lipinski definition) is 1. The van der Waals surface area contributed by atoms with Crippen LogP contribution in [0.4, 0.5) is 0 Å². The fourth-order valence-electron chi connectivity index (χ4n) is 8.04. The Hall–Kier alpha value is -0.0100. The Morgan fingerprint density at radius 2 is 0.793 bits per heavy atom. The van der Waals surface area contributed by atoms with Gasteiger partial charge in [-0.3, -0.25) is 9.05 Å². The number of phosphoric ester groups is 1. The summed E-state index contributed by atoms with van der Waals surface area (Å²) in [6, 6.07) is 0. The number of rotatable bonds is 42. The average molecular weight is 847 g/mol. The molecule has 0 aliphatic carbocycles. The van der Waals surface area contributed by atoms with E-state index < -0.39 is 13.9 Å². The van der Waals surface area contributed by atoms with E-state index >= 15 is 0 Å². The highest BCUT2D eigenvalue weighted by Gasteiger charge is 2.24. The number of nitrogens with zero attached hydrogens (tertiary/aromatic N) is 1. The van der Waals surface area contributed by atoms with Gasteiger partial charge < -0.3 is 18.9 Å². The molecule has 0 aromatic heterocycles. The second kappa shape index (κ2) is 35.5. The fourth-order valence-corrected chi connectivity index (χ4v) is 8.83. The molecule has 8 heteroatoms. The van der Waals surface area contributed by atoms with Gasteiger partial charge in [-0.1, -0.05) is 185 Å². The number of unbranched alkanes of at least 4 members (excludes halogenated alkanes) is 1. The highest BCUT2D eigenvalue weighted by molar-refractivity contribution is 7.47. The van der Waals surface area contributed by atoms with Crippen LogP contribution in [0.3, 0.4) is 0 Å². The van der Waals surface area contributed by atoms with Gasteiger partial charge in [0.2, 0.25) is 0 Å². The molecule has 8 unspecified atom stereocenters. The molecule has 0 spiro atoms. The van der Waals surface area contributed by atoms with Crippen LogP contribution in [0.15, 0.2) is 0 Å². The van der Waals surface area contributed by atoms with Gasteiger partial charge in [0.15, 0.2) is 0 Å². The molecule has 0 heterocycles. The minimum atomic E-state index is -4.16. The van der Waals surface area contributed by atoms with Crippen molar-refractivity contribution >= 4 is 7.82 Å². The summed E-state index contributed by atoms with van der Waals surface area (Å²) in [7, 11) is 2.27. The molecule has 0 aromatic carbocycles. The van der Waals surface area contributed by atoms with Gasteiger partial charge in [0.25, 0.3) is 0 Å². The Morgan fingerprint density at radius 3 is 1.17 bits per heavy atom. The zero-order valence-corrected chi connectivity index (χ0v) is 42.3. The van der Waals surface area contributed by atoms with Crippen LogP contribution in [0, 0.1) is 47.3 Å². The monoisotopic (exact) mass is 847 g/mol. The molecule has 1 N–H and O–H groups in total. The second-order valence-electron chi connectivity index (χ2n) is 21.5. The third-order valence-corrected chi connectivity index (χ3v) is 13.4. The highest BCUT2D eigenvalue weighted by atomic mass is 31.2. The molecular weight excluding hydrogens is 742 g/mol. The van der Waals surface area contributed by atoms with Gasteiger partial charge in [-0.2, -0.15) is 0 Å². The van der Waals surface area contributed by atoms with Crippen LogP contribution in [0.1, 0.15) is 210 Å². The Balaban J connectivity index is 4.60. The Kier molecular flexibility index (Phi) is 35.4. The quantitative estimate of drug-likeness (QED) is 0.0375. The smallest absolute Gasteiger partial charge is 0.379 e. The lowest BCUT2D eigenvalue weighted by atomic mass is 9.91. The molecule has 0 rings (SSSR count). The van der Waals surface area contributed by atoms with Crippen LogP contribution in [0.5, 0.6) is 0 Å². The number of ether oxygens (including phenoxy) is 2. The fraction of sp³-hybridized carbons (Fsp3) is 1.00. The summed E-state index contributed by atoms with van der Waals surface area (Å²) in [5.74, 6) is 6.15. The maximum Gasteiger partial charge on any atom is 0.472 e. The van der Waals surface area contributed by atoms with Gasteiger partial charge in [0, 0.05) is 13.2 Å². The first-order valence-corrected chi connectivity index (χ1v) is 26.4. The van der Waals surface area contributed by atoms with Crippen molar-refractivity contribution in [1.82, 2.24) is 0 Å². The molecule has 8 atom stereocenters. The van der Waals surface area contributed by atoms with Crippen molar-refractivity contribution in [3.8, 4) is 0 Å².